The molecular weight excluding hydrogens is 374 g/mol. The molecule has 4 rings (SSSR count). The number of amides is 2. The van der Waals surface area contributed by atoms with E-state index in [9.17, 15) is 9.59 Å². The fourth-order valence-corrected chi connectivity index (χ4v) is 3.97. The van der Waals surface area contributed by atoms with Crippen LogP contribution in [0, 0.1) is 12.8 Å². The number of carbonyl (C=O) groups is 2. The van der Waals surface area contributed by atoms with Crippen LogP contribution in [0.1, 0.15) is 34.3 Å². The van der Waals surface area contributed by atoms with E-state index in [0.717, 1.165) is 16.8 Å². The molecule has 1 aliphatic heterocycles. The molecule has 0 spiro atoms. The summed E-state index contributed by atoms with van der Waals surface area (Å²) in [5.41, 5.74) is 3.92. The molecule has 5 nitrogen and oxygen atoms in total. The lowest BCUT2D eigenvalue weighted by atomic mass is 9.95. The molecule has 0 unspecified atom stereocenters. The van der Waals surface area contributed by atoms with E-state index in [4.69, 9.17) is 0 Å². The van der Waals surface area contributed by atoms with Crippen LogP contribution in [0.5, 0.6) is 0 Å². The second-order valence-corrected chi connectivity index (χ2v) is 7.86. The van der Waals surface area contributed by atoms with Gasteiger partial charge in [0.2, 0.25) is 5.91 Å². The van der Waals surface area contributed by atoms with Crippen molar-refractivity contribution in [2.75, 3.05) is 13.1 Å². The molecule has 154 valence electrons. The molecular formula is C25H27N3O2. The summed E-state index contributed by atoms with van der Waals surface area (Å²) in [6.07, 6.45) is 5.36. The molecule has 3 aromatic rings. The maximum absolute atomic E-state index is 13.0. The molecule has 0 aliphatic carbocycles. The number of likely N-dealkylation sites (tertiary alicyclic amines) is 1. The van der Waals surface area contributed by atoms with Crippen molar-refractivity contribution in [3.05, 3.63) is 89.7 Å². The molecule has 30 heavy (non-hydrogen) atoms. The molecule has 5 heteroatoms. The van der Waals surface area contributed by atoms with Crippen molar-refractivity contribution in [1.29, 1.82) is 0 Å². The van der Waals surface area contributed by atoms with E-state index in [2.05, 4.69) is 5.32 Å². The summed E-state index contributed by atoms with van der Waals surface area (Å²) in [6.45, 7) is 3.80. The Balaban J connectivity index is 1.34. The van der Waals surface area contributed by atoms with Gasteiger partial charge in [0.15, 0.2) is 0 Å². The Bertz CT molecular complexity index is 1000. The fourth-order valence-electron chi connectivity index (χ4n) is 3.97. The number of aryl methyl sites for hydroxylation is 1. The molecule has 1 aliphatic rings. The first-order valence-corrected chi connectivity index (χ1v) is 10.5. The molecule has 1 N–H and O–H groups in total. The Labute approximate surface area is 177 Å². The van der Waals surface area contributed by atoms with Gasteiger partial charge in [0.1, 0.15) is 0 Å². The average molecular weight is 402 g/mol. The topological polar surface area (TPSA) is 54.3 Å². The number of nitrogens with zero attached hydrogens (tertiary/aromatic N) is 2. The highest BCUT2D eigenvalue weighted by Crippen LogP contribution is 2.22. The second-order valence-electron chi connectivity index (χ2n) is 7.86. The van der Waals surface area contributed by atoms with Crippen molar-refractivity contribution in [2.45, 2.75) is 26.3 Å². The summed E-state index contributed by atoms with van der Waals surface area (Å²) < 4.78 is 2.02. The SMILES string of the molecule is Cc1ccc(C(=O)N2CCC(C(=O)NCc3ccccc3)CC2)cc1-n1cccc1. The van der Waals surface area contributed by atoms with Gasteiger partial charge in [0, 0.05) is 49.2 Å². The van der Waals surface area contributed by atoms with E-state index < -0.39 is 0 Å². The Morgan fingerprint density at radius 1 is 0.967 bits per heavy atom. The van der Waals surface area contributed by atoms with Gasteiger partial charge in [-0.1, -0.05) is 36.4 Å². The van der Waals surface area contributed by atoms with Crippen molar-refractivity contribution in [1.82, 2.24) is 14.8 Å². The third-order valence-electron chi connectivity index (χ3n) is 5.80. The van der Waals surface area contributed by atoms with Gasteiger partial charge in [-0.3, -0.25) is 9.59 Å². The summed E-state index contributed by atoms with van der Waals surface area (Å²) in [7, 11) is 0. The minimum Gasteiger partial charge on any atom is -0.352 e. The molecule has 0 bridgehead atoms. The quantitative estimate of drug-likeness (QED) is 0.704. The number of hydrogen-bond donors (Lipinski definition) is 1. The summed E-state index contributed by atoms with van der Waals surface area (Å²) in [6, 6.07) is 19.7. The van der Waals surface area contributed by atoms with Crippen LogP contribution < -0.4 is 5.32 Å². The first kappa shape index (κ1) is 20.0. The monoisotopic (exact) mass is 401 g/mol. The Morgan fingerprint density at radius 2 is 1.67 bits per heavy atom. The van der Waals surface area contributed by atoms with Crippen LogP contribution in [0.15, 0.2) is 73.1 Å². The molecule has 1 aromatic heterocycles. The summed E-state index contributed by atoms with van der Waals surface area (Å²) in [4.78, 5) is 27.4. The molecule has 1 saturated heterocycles. The van der Waals surface area contributed by atoms with Crippen molar-refractivity contribution in [3.63, 3.8) is 0 Å². The van der Waals surface area contributed by atoms with Gasteiger partial charge in [-0.2, -0.15) is 0 Å². The summed E-state index contributed by atoms with van der Waals surface area (Å²) >= 11 is 0. The highest BCUT2D eigenvalue weighted by Gasteiger charge is 2.28. The third kappa shape index (κ3) is 4.46. The Kier molecular flexibility index (Phi) is 5.98. The van der Waals surface area contributed by atoms with Crippen molar-refractivity contribution in [2.24, 2.45) is 5.92 Å². The minimum atomic E-state index is -0.0359. The maximum atomic E-state index is 13.0. The number of hydrogen-bond acceptors (Lipinski definition) is 2. The van der Waals surface area contributed by atoms with Crippen molar-refractivity contribution >= 4 is 11.8 Å². The highest BCUT2D eigenvalue weighted by molar-refractivity contribution is 5.95. The van der Waals surface area contributed by atoms with Gasteiger partial charge in [-0.15, -0.1) is 0 Å². The molecule has 2 aromatic carbocycles. The highest BCUT2D eigenvalue weighted by atomic mass is 16.2. The number of piperidine rings is 1. The second kappa shape index (κ2) is 8.99. The number of carbonyl (C=O) groups excluding carboxylic acids is 2. The predicted octanol–water partition coefficient (Wildman–Crippen LogP) is 3.95. The summed E-state index contributed by atoms with van der Waals surface area (Å²) in [5, 5.41) is 3.03. The van der Waals surface area contributed by atoms with Gasteiger partial charge in [-0.25, -0.2) is 0 Å². The van der Waals surface area contributed by atoms with Gasteiger partial charge < -0.3 is 14.8 Å². The van der Waals surface area contributed by atoms with Crippen LogP contribution in [0.4, 0.5) is 0 Å². The molecule has 1 fully saturated rings. The number of aromatic nitrogens is 1. The van der Waals surface area contributed by atoms with Gasteiger partial charge in [-0.05, 0) is 55.2 Å². The van der Waals surface area contributed by atoms with E-state index in [1.807, 2.05) is 89.4 Å². The third-order valence-corrected chi connectivity index (χ3v) is 5.80. The lowest BCUT2D eigenvalue weighted by Crippen LogP contribution is -2.43. The normalized spacial score (nSPS) is 14.5. The zero-order chi connectivity index (χ0) is 20.9. The van der Waals surface area contributed by atoms with Crippen molar-refractivity contribution in [3.8, 4) is 5.69 Å². The van der Waals surface area contributed by atoms with Crippen LogP contribution in [-0.2, 0) is 11.3 Å². The molecule has 2 amide bonds. The minimum absolute atomic E-state index is 0.0338. The lowest BCUT2D eigenvalue weighted by molar-refractivity contribution is -0.126. The smallest absolute Gasteiger partial charge is 0.253 e. The maximum Gasteiger partial charge on any atom is 0.253 e. The van der Waals surface area contributed by atoms with Gasteiger partial charge in [0.25, 0.3) is 5.91 Å². The van der Waals surface area contributed by atoms with Gasteiger partial charge >= 0.3 is 0 Å². The number of rotatable bonds is 5. The van der Waals surface area contributed by atoms with E-state index in [-0.39, 0.29) is 17.7 Å². The lowest BCUT2D eigenvalue weighted by Gasteiger charge is -2.31. The van der Waals surface area contributed by atoms with E-state index >= 15 is 0 Å². The van der Waals surface area contributed by atoms with Crippen LogP contribution in [0.3, 0.4) is 0 Å². The zero-order valence-corrected chi connectivity index (χ0v) is 17.3. The Hall–Kier alpha value is -3.34. The number of benzene rings is 2. The Morgan fingerprint density at radius 3 is 2.37 bits per heavy atom. The molecule has 0 radical (unpaired) electrons. The van der Waals surface area contributed by atoms with E-state index in [1.54, 1.807) is 0 Å². The molecule has 2 heterocycles. The van der Waals surface area contributed by atoms with Crippen LogP contribution in [-0.4, -0.2) is 34.4 Å². The van der Waals surface area contributed by atoms with Crippen LogP contribution in [0.25, 0.3) is 5.69 Å². The average Bonchev–Trinajstić information content (AvgIpc) is 3.33. The first-order chi connectivity index (χ1) is 14.6. The van der Waals surface area contributed by atoms with Gasteiger partial charge in [0.05, 0.1) is 0 Å². The van der Waals surface area contributed by atoms with E-state index in [1.165, 1.54) is 0 Å². The molecule has 0 atom stereocenters. The largest absolute Gasteiger partial charge is 0.352 e. The first-order valence-electron chi connectivity index (χ1n) is 10.5. The number of nitrogens with one attached hydrogen (secondary N) is 1. The standard InChI is InChI=1S/C25H27N3O2/c1-19-9-10-22(17-23(19)27-13-5-6-14-27)25(30)28-15-11-21(12-16-28)24(29)26-18-20-7-3-2-4-8-20/h2-10,13-14,17,21H,11-12,15-16,18H2,1H3,(H,26,29). The van der Waals surface area contributed by atoms with E-state index in [0.29, 0.717) is 38.0 Å². The fraction of sp³-hybridized carbons (Fsp3) is 0.280. The molecule has 0 saturated carbocycles. The van der Waals surface area contributed by atoms with Crippen LogP contribution in [0.2, 0.25) is 0 Å². The predicted molar refractivity (Wildman–Crippen MR) is 117 cm³/mol. The summed E-state index contributed by atoms with van der Waals surface area (Å²) in [5.74, 6) is 0.0777. The van der Waals surface area contributed by atoms with Crippen molar-refractivity contribution < 1.29 is 9.59 Å². The zero-order valence-electron chi connectivity index (χ0n) is 17.3. The van der Waals surface area contributed by atoms with Crippen LogP contribution >= 0.6 is 0 Å².